The van der Waals surface area contributed by atoms with Crippen molar-refractivity contribution in [2.45, 2.75) is 31.8 Å². The van der Waals surface area contributed by atoms with Crippen LogP contribution in [-0.2, 0) is 11.3 Å². The van der Waals surface area contributed by atoms with E-state index in [0.29, 0.717) is 29.9 Å². The maximum Gasteiger partial charge on any atom is 0.248 e. The summed E-state index contributed by atoms with van der Waals surface area (Å²) in [6.07, 6.45) is 2.94. The number of nitrogens with one attached hydrogen (secondary N) is 1. The molecule has 1 aromatic rings. The minimum atomic E-state index is -0.392. The van der Waals surface area contributed by atoms with E-state index in [1.807, 2.05) is 12.1 Å². The topological polar surface area (TPSA) is 75.4 Å². The van der Waals surface area contributed by atoms with Gasteiger partial charge in [0.2, 0.25) is 11.8 Å². The minimum absolute atomic E-state index is 0.201. The standard InChI is InChI=1S/C17H23N3O2/c1-20(10-11-2-4-12(5-3-11)17(18)22)15-6-13-8-16(21)19-9-14(13)7-15/h2-5,13-15H,6-10H2,1H3,(H2,18,22)(H,19,21)/t13-,14+,15-/m1/s1. The molecule has 1 saturated heterocycles. The van der Waals surface area contributed by atoms with Crippen LogP contribution in [0.2, 0.25) is 0 Å². The lowest BCUT2D eigenvalue weighted by molar-refractivity contribution is -0.124. The van der Waals surface area contributed by atoms with Gasteiger partial charge in [-0.25, -0.2) is 0 Å². The molecule has 3 rings (SSSR count). The molecule has 0 unspecified atom stereocenters. The fourth-order valence-electron chi connectivity index (χ4n) is 3.79. The molecule has 3 atom stereocenters. The van der Waals surface area contributed by atoms with Gasteiger partial charge < -0.3 is 11.1 Å². The summed E-state index contributed by atoms with van der Waals surface area (Å²) in [7, 11) is 2.14. The molecule has 2 fully saturated rings. The molecular formula is C17H23N3O2. The normalized spacial score (nSPS) is 27.5. The van der Waals surface area contributed by atoms with Gasteiger partial charge in [0.25, 0.3) is 0 Å². The number of primary amides is 1. The quantitative estimate of drug-likeness (QED) is 0.875. The second-order valence-corrected chi connectivity index (χ2v) is 6.63. The Morgan fingerprint density at radius 3 is 2.64 bits per heavy atom. The summed E-state index contributed by atoms with van der Waals surface area (Å²) >= 11 is 0. The molecule has 1 aliphatic heterocycles. The van der Waals surface area contributed by atoms with Gasteiger partial charge in [0, 0.05) is 31.1 Å². The lowest BCUT2D eigenvalue weighted by atomic mass is 9.89. The van der Waals surface area contributed by atoms with Crippen LogP contribution in [0, 0.1) is 11.8 Å². The van der Waals surface area contributed by atoms with Crippen molar-refractivity contribution < 1.29 is 9.59 Å². The monoisotopic (exact) mass is 301 g/mol. The van der Waals surface area contributed by atoms with Crippen LogP contribution in [0.5, 0.6) is 0 Å². The van der Waals surface area contributed by atoms with Gasteiger partial charge in [-0.3, -0.25) is 14.5 Å². The zero-order valence-corrected chi connectivity index (χ0v) is 12.9. The highest BCUT2D eigenvalue weighted by Crippen LogP contribution is 2.38. The Kier molecular flexibility index (Phi) is 4.16. The molecule has 1 aliphatic carbocycles. The van der Waals surface area contributed by atoms with E-state index in [1.165, 1.54) is 5.56 Å². The molecule has 1 aromatic carbocycles. The summed E-state index contributed by atoms with van der Waals surface area (Å²) in [4.78, 5) is 25.0. The number of piperidine rings is 1. The van der Waals surface area contributed by atoms with Gasteiger partial charge in [-0.1, -0.05) is 12.1 Å². The van der Waals surface area contributed by atoms with E-state index < -0.39 is 5.91 Å². The number of amides is 2. The second kappa shape index (κ2) is 6.08. The molecule has 118 valence electrons. The third-order valence-corrected chi connectivity index (χ3v) is 5.12. The molecule has 22 heavy (non-hydrogen) atoms. The number of hydrogen-bond donors (Lipinski definition) is 2. The summed E-state index contributed by atoms with van der Waals surface area (Å²) in [5.41, 5.74) is 6.98. The summed E-state index contributed by atoms with van der Waals surface area (Å²) in [6, 6.07) is 8.01. The van der Waals surface area contributed by atoms with Crippen molar-refractivity contribution in [3.8, 4) is 0 Å². The van der Waals surface area contributed by atoms with Crippen molar-refractivity contribution in [3.63, 3.8) is 0 Å². The van der Waals surface area contributed by atoms with Gasteiger partial charge in [-0.2, -0.15) is 0 Å². The molecule has 1 heterocycles. The van der Waals surface area contributed by atoms with E-state index in [-0.39, 0.29) is 5.91 Å². The van der Waals surface area contributed by atoms with Crippen molar-refractivity contribution in [3.05, 3.63) is 35.4 Å². The Bertz CT molecular complexity index is 570. The van der Waals surface area contributed by atoms with E-state index in [9.17, 15) is 9.59 Å². The van der Waals surface area contributed by atoms with Crippen LogP contribution in [-0.4, -0.2) is 36.3 Å². The van der Waals surface area contributed by atoms with E-state index in [1.54, 1.807) is 12.1 Å². The SMILES string of the molecule is CN(Cc1ccc(C(N)=O)cc1)[C@H]1C[C@H]2CNC(=O)C[C@H]2C1. The molecule has 1 saturated carbocycles. The van der Waals surface area contributed by atoms with Crippen LogP contribution in [0.4, 0.5) is 0 Å². The predicted octanol–water partition coefficient (Wildman–Crippen LogP) is 1.13. The molecule has 3 N–H and O–H groups in total. The van der Waals surface area contributed by atoms with E-state index in [4.69, 9.17) is 5.73 Å². The summed E-state index contributed by atoms with van der Waals surface area (Å²) in [6.45, 7) is 1.69. The smallest absolute Gasteiger partial charge is 0.248 e. The molecular weight excluding hydrogens is 278 g/mol. The van der Waals surface area contributed by atoms with Crippen molar-refractivity contribution in [2.75, 3.05) is 13.6 Å². The minimum Gasteiger partial charge on any atom is -0.366 e. The summed E-state index contributed by atoms with van der Waals surface area (Å²) < 4.78 is 0. The van der Waals surface area contributed by atoms with Crippen LogP contribution in [0.15, 0.2) is 24.3 Å². The Hall–Kier alpha value is -1.88. The molecule has 0 aromatic heterocycles. The Morgan fingerprint density at radius 2 is 1.95 bits per heavy atom. The number of rotatable bonds is 4. The third kappa shape index (κ3) is 3.14. The number of hydrogen-bond acceptors (Lipinski definition) is 3. The Balaban J connectivity index is 1.59. The van der Waals surface area contributed by atoms with Gasteiger partial charge in [-0.05, 0) is 49.4 Å². The van der Waals surface area contributed by atoms with Gasteiger partial charge >= 0.3 is 0 Å². The molecule has 2 amide bonds. The number of nitrogens with two attached hydrogens (primary N) is 1. The van der Waals surface area contributed by atoms with Crippen LogP contribution in [0.25, 0.3) is 0 Å². The average molecular weight is 301 g/mol. The first-order valence-corrected chi connectivity index (χ1v) is 7.88. The number of carbonyl (C=O) groups is 2. The van der Waals surface area contributed by atoms with Crippen LogP contribution in [0.1, 0.15) is 35.2 Å². The lowest BCUT2D eigenvalue weighted by Gasteiger charge is -2.24. The van der Waals surface area contributed by atoms with Gasteiger partial charge in [-0.15, -0.1) is 0 Å². The zero-order valence-electron chi connectivity index (χ0n) is 12.9. The van der Waals surface area contributed by atoms with Crippen molar-refractivity contribution in [1.29, 1.82) is 0 Å². The molecule has 5 heteroatoms. The summed E-state index contributed by atoms with van der Waals surface area (Å²) in [5.74, 6) is 0.976. The van der Waals surface area contributed by atoms with Crippen molar-refractivity contribution >= 4 is 11.8 Å². The lowest BCUT2D eigenvalue weighted by Crippen LogP contribution is -2.38. The highest BCUT2D eigenvalue weighted by atomic mass is 16.2. The fourth-order valence-corrected chi connectivity index (χ4v) is 3.79. The fraction of sp³-hybridized carbons (Fsp3) is 0.529. The van der Waals surface area contributed by atoms with Gasteiger partial charge in [0.1, 0.15) is 0 Å². The average Bonchev–Trinajstić information content (AvgIpc) is 2.91. The predicted molar refractivity (Wildman–Crippen MR) is 84.1 cm³/mol. The third-order valence-electron chi connectivity index (χ3n) is 5.12. The van der Waals surface area contributed by atoms with Crippen molar-refractivity contribution in [2.24, 2.45) is 17.6 Å². The first kappa shape index (κ1) is 15.0. The first-order valence-electron chi connectivity index (χ1n) is 7.88. The van der Waals surface area contributed by atoms with Crippen LogP contribution < -0.4 is 11.1 Å². The van der Waals surface area contributed by atoms with Crippen molar-refractivity contribution in [1.82, 2.24) is 10.2 Å². The maximum atomic E-state index is 11.5. The number of benzene rings is 1. The first-order chi connectivity index (χ1) is 10.5. The zero-order chi connectivity index (χ0) is 15.7. The molecule has 2 aliphatic rings. The van der Waals surface area contributed by atoms with Gasteiger partial charge in [0.05, 0.1) is 0 Å². The second-order valence-electron chi connectivity index (χ2n) is 6.63. The molecule has 5 nitrogen and oxygen atoms in total. The number of carbonyl (C=O) groups excluding carboxylic acids is 2. The number of fused-ring (bicyclic) bond motifs is 1. The van der Waals surface area contributed by atoms with Crippen LogP contribution >= 0.6 is 0 Å². The summed E-state index contributed by atoms with van der Waals surface area (Å²) in [5, 5.41) is 2.98. The van der Waals surface area contributed by atoms with E-state index in [2.05, 4.69) is 17.3 Å². The highest BCUT2D eigenvalue weighted by molar-refractivity contribution is 5.92. The van der Waals surface area contributed by atoms with E-state index in [0.717, 1.165) is 25.9 Å². The Labute approximate surface area is 130 Å². The van der Waals surface area contributed by atoms with E-state index >= 15 is 0 Å². The maximum absolute atomic E-state index is 11.5. The molecule has 0 bridgehead atoms. The molecule has 0 radical (unpaired) electrons. The number of nitrogens with zero attached hydrogens (tertiary/aromatic N) is 1. The van der Waals surface area contributed by atoms with Gasteiger partial charge in [0.15, 0.2) is 0 Å². The highest BCUT2D eigenvalue weighted by Gasteiger charge is 2.39. The van der Waals surface area contributed by atoms with Crippen LogP contribution in [0.3, 0.4) is 0 Å². The molecule has 0 spiro atoms. The Morgan fingerprint density at radius 1 is 1.27 bits per heavy atom. The largest absolute Gasteiger partial charge is 0.366 e.